The molecule has 2 aromatic rings. The molecule has 0 fully saturated rings. The molecule has 0 aliphatic heterocycles. The maximum atomic E-state index is 12.2. The highest BCUT2D eigenvalue weighted by Crippen LogP contribution is 2.14. The van der Waals surface area contributed by atoms with E-state index in [9.17, 15) is 4.79 Å². The predicted molar refractivity (Wildman–Crippen MR) is 78.8 cm³/mol. The van der Waals surface area contributed by atoms with Crippen molar-refractivity contribution in [3.8, 4) is 11.8 Å². The summed E-state index contributed by atoms with van der Waals surface area (Å²) in [7, 11) is 0. The number of aliphatic hydroxyl groups excluding tert-OH is 1. The van der Waals surface area contributed by atoms with Crippen LogP contribution in [0.15, 0.2) is 30.7 Å². The van der Waals surface area contributed by atoms with Gasteiger partial charge in [-0.3, -0.25) is 9.78 Å². The van der Waals surface area contributed by atoms with Crippen LogP contribution in [0.4, 0.5) is 5.82 Å². The minimum absolute atomic E-state index is 0.148. The fourth-order valence-electron chi connectivity index (χ4n) is 1.79. The quantitative estimate of drug-likeness (QED) is 0.836. The number of anilines is 1. The lowest BCUT2D eigenvalue weighted by molar-refractivity contribution is 0.102. The van der Waals surface area contributed by atoms with Gasteiger partial charge in [0.05, 0.1) is 11.8 Å². The summed E-state index contributed by atoms with van der Waals surface area (Å²) in [5.41, 5.74) is 0.977. The van der Waals surface area contributed by atoms with Crippen LogP contribution in [0.5, 0.6) is 0 Å². The van der Waals surface area contributed by atoms with E-state index in [0.717, 1.165) is 0 Å². The Morgan fingerprint density at radius 1 is 1.48 bits per heavy atom. The van der Waals surface area contributed by atoms with E-state index in [-0.39, 0.29) is 18.6 Å². The van der Waals surface area contributed by atoms with Crippen molar-refractivity contribution in [2.24, 2.45) is 0 Å². The summed E-state index contributed by atoms with van der Waals surface area (Å²) in [5.74, 6) is 5.58. The second-order valence-electron chi connectivity index (χ2n) is 4.63. The SMILES string of the molecule is CC(C)n1nccc1NC(=O)c1cncc(C#CCO)c1. The number of amides is 1. The van der Waals surface area contributed by atoms with Gasteiger partial charge in [-0.2, -0.15) is 5.10 Å². The number of carbonyl (C=O) groups is 1. The Labute approximate surface area is 122 Å². The average Bonchev–Trinajstić information content (AvgIpc) is 2.93. The van der Waals surface area contributed by atoms with Crippen LogP contribution in [-0.4, -0.2) is 32.4 Å². The molecule has 0 radical (unpaired) electrons. The van der Waals surface area contributed by atoms with Crippen LogP contribution in [0, 0.1) is 11.8 Å². The summed E-state index contributed by atoms with van der Waals surface area (Å²) in [6.07, 6.45) is 4.64. The van der Waals surface area contributed by atoms with Gasteiger partial charge in [-0.25, -0.2) is 4.68 Å². The molecule has 2 heterocycles. The van der Waals surface area contributed by atoms with Crippen molar-refractivity contribution in [2.75, 3.05) is 11.9 Å². The van der Waals surface area contributed by atoms with E-state index in [1.807, 2.05) is 13.8 Å². The number of aliphatic hydroxyl groups is 1. The molecule has 0 saturated heterocycles. The summed E-state index contributed by atoms with van der Waals surface area (Å²) in [5, 5.41) is 15.6. The standard InChI is InChI=1S/C15H16N4O2/c1-11(2)19-14(5-6-17-19)18-15(21)13-8-12(4-3-7-20)9-16-10-13/h5-6,8-11,20H,7H2,1-2H3,(H,18,21). The van der Waals surface area contributed by atoms with E-state index >= 15 is 0 Å². The highest BCUT2D eigenvalue weighted by atomic mass is 16.2. The lowest BCUT2D eigenvalue weighted by Gasteiger charge is -2.11. The van der Waals surface area contributed by atoms with Gasteiger partial charge in [0.1, 0.15) is 12.4 Å². The molecule has 2 rings (SSSR count). The van der Waals surface area contributed by atoms with Crippen LogP contribution >= 0.6 is 0 Å². The molecule has 0 atom stereocenters. The third kappa shape index (κ3) is 3.68. The molecule has 2 aromatic heterocycles. The van der Waals surface area contributed by atoms with Gasteiger partial charge in [-0.1, -0.05) is 11.8 Å². The number of carbonyl (C=O) groups excluding carboxylic acids is 1. The minimum atomic E-state index is -0.280. The van der Waals surface area contributed by atoms with Crippen molar-refractivity contribution in [1.29, 1.82) is 0 Å². The molecule has 108 valence electrons. The van der Waals surface area contributed by atoms with E-state index in [2.05, 4.69) is 27.2 Å². The summed E-state index contributed by atoms with van der Waals surface area (Å²) >= 11 is 0. The van der Waals surface area contributed by atoms with E-state index in [4.69, 9.17) is 5.11 Å². The highest BCUT2D eigenvalue weighted by Gasteiger charge is 2.11. The molecule has 21 heavy (non-hydrogen) atoms. The largest absolute Gasteiger partial charge is 0.384 e. The Bertz CT molecular complexity index is 695. The number of nitrogens with one attached hydrogen (secondary N) is 1. The van der Waals surface area contributed by atoms with E-state index in [0.29, 0.717) is 16.9 Å². The van der Waals surface area contributed by atoms with Crippen LogP contribution in [0.3, 0.4) is 0 Å². The third-order valence-corrected chi connectivity index (χ3v) is 2.71. The van der Waals surface area contributed by atoms with Crippen LogP contribution in [0.25, 0.3) is 0 Å². The topological polar surface area (TPSA) is 80.0 Å². The molecule has 0 aliphatic rings. The number of nitrogens with zero attached hydrogens (tertiary/aromatic N) is 3. The zero-order chi connectivity index (χ0) is 15.2. The van der Waals surface area contributed by atoms with Crippen molar-refractivity contribution < 1.29 is 9.90 Å². The van der Waals surface area contributed by atoms with Crippen molar-refractivity contribution in [1.82, 2.24) is 14.8 Å². The monoisotopic (exact) mass is 284 g/mol. The molecule has 1 amide bonds. The van der Waals surface area contributed by atoms with Gasteiger partial charge in [0, 0.05) is 30.1 Å². The molecule has 0 aliphatic carbocycles. The zero-order valence-corrected chi connectivity index (χ0v) is 11.9. The van der Waals surface area contributed by atoms with Crippen molar-refractivity contribution in [3.63, 3.8) is 0 Å². The first-order chi connectivity index (χ1) is 10.1. The fraction of sp³-hybridized carbons (Fsp3) is 0.267. The van der Waals surface area contributed by atoms with Crippen LogP contribution in [0.1, 0.15) is 35.8 Å². The molecule has 6 nitrogen and oxygen atoms in total. The van der Waals surface area contributed by atoms with E-state index in [1.165, 1.54) is 12.4 Å². The molecule has 0 bridgehead atoms. The molecule has 0 saturated carbocycles. The van der Waals surface area contributed by atoms with Crippen LogP contribution < -0.4 is 5.32 Å². The summed E-state index contributed by atoms with van der Waals surface area (Å²) in [6.45, 7) is 3.73. The van der Waals surface area contributed by atoms with Crippen LogP contribution in [0.2, 0.25) is 0 Å². The van der Waals surface area contributed by atoms with Crippen molar-refractivity contribution in [2.45, 2.75) is 19.9 Å². The molecule has 6 heteroatoms. The zero-order valence-electron chi connectivity index (χ0n) is 11.9. The molecular formula is C15H16N4O2. The first kappa shape index (κ1) is 14.8. The Morgan fingerprint density at radius 3 is 3.00 bits per heavy atom. The smallest absolute Gasteiger partial charge is 0.258 e. The van der Waals surface area contributed by atoms with Gasteiger partial charge in [-0.05, 0) is 19.9 Å². The maximum Gasteiger partial charge on any atom is 0.258 e. The summed E-state index contributed by atoms with van der Waals surface area (Å²) in [6, 6.07) is 3.51. The first-order valence-electron chi connectivity index (χ1n) is 6.51. The number of rotatable bonds is 3. The lowest BCUT2D eigenvalue weighted by atomic mass is 10.2. The average molecular weight is 284 g/mol. The normalized spacial score (nSPS) is 10.1. The molecular weight excluding hydrogens is 268 g/mol. The second-order valence-corrected chi connectivity index (χ2v) is 4.63. The highest BCUT2D eigenvalue weighted by molar-refractivity contribution is 6.03. The second kappa shape index (κ2) is 6.68. The Morgan fingerprint density at radius 2 is 2.29 bits per heavy atom. The van der Waals surface area contributed by atoms with Gasteiger partial charge < -0.3 is 10.4 Å². The minimum Gasteiger partial charge on any atom is -0.384 e. The fourth-order valence-corrected chi connectivity index (χ4v) is 1.79. The summed E-state index contributed by atoms with van der Waals surface area (Å²) in [4.78, 5) is 16.2. The number of hydrogen-bond donors (Lipinski definition) is 2. The van der Waals surface area contributed by atoms with Gasteiger partial charge in [0.15, 0.2) is 0 Å². The number of aromatic nitrogens is 3. The van der Waals surface area contributed by atoms with E-state index < -0.39 is 0 Å². The number of pyridine rings is 1. The Balaban J connectivity index is 2.19. The van der Waals surface area contributed by atoms with Gasteiger partial charge >= 0.3 is 0 Å². The van der Waals surface area contributed by atoms with E-state index in [1.54, 1.807) is 23.0 Å². The Hall–Kier alpha value is -2.65. The predicted octanol–water partition coefficient (Wildman–Crippen LogP) is 1.46. The molecule has 0 aromatic carbocycles. The van der Waals surface area contributed by atoms with Gasteiger partial charge in [-0.15, -0.1) is 0 Å². The third-order valence-electron chi connectivity index (χ3n) is 2.71. The maximum absolute atomic E-state index is 12.2. The molecule has 0 unspecified atom stereocenters. The summed E-state index contributed by atoms with van der Waals surface area (Å²) < 4.78 is 1.72. The Kier molecular flexibility index (Phi) is 4.69. The van der Waals surface area contributed by atoms with Gasteiger partial charge in [0.2, 0.25) is 0 Å². The van der Waals surface area contributed by atoms with Crippen molar-refractivity contribution in [3.05, 3.63) is 41.9 Å². The first-order valence-corrected chi connectivity index (χ1v) is 6.51. The molecule has 2 N–H and O–H groups in total. The van der Waals surface area contributed by atoms with Crippen LogP contribution in [-0.2, 0) is 0 Å². The lowest BCUT2D eigenvalue weighted by Crippen LogP contribution is -2.17. The van der Waals surface area contributed by atoms with Gasteiger partial charge in [0.25, 0.3) is 5.91 Å². The number of hydrogen-bond acceptors (Lipinski definition) is 4. The van der Waals surface area contributed by atoms with Crippen molar-refractivity contribution >= 4 is 11.7 Å². The molecule has 0 spiro atoms.